The van der Waals surface area contributed by atoms with Gasteiger partial charge in [-0.1, -0.05) is 42.5 Å². The summed E-state index contributed by atoms with van der Waals surface area (Å²) >= 11 is 0. The van der Waals surface area contributed by atoms with Gasteiger partial charge in [-0.3, -0.25) is 4.90 Å². The molecule has 0 fully saturated rings. The summed E-state index contributed by atoms with van der Waals surface area (Å²) in [4.78, 5) is 19.3. The van der Waals surface area contributed by atoms with Crippen LogP contribution in [0.4, 0.5) is 14.9 Å². The number of pyridine rings is 1. The number of rotatable bonds is 3. The Morgan fingerprint density at radius 1 is 1.13 bits per heavy atom. The first-order valence-corrected chi connectivity index (χ1v) is 10.2. The van der Waals surface area contributed by atoms with Gasteiger partial charge in [0.25, 0.3) is 0 Å². The molecule has 2 aromatic carbocycles. The summed E-state index contributed by atoms with van der Waals surface area (Å²) in [7, 11) is 0. The number of ether oxygens (including phenoxy) is 2. The lowest BCUT2D eigenvalue weighted by molar-refractivity contribution is 0.0540. The molecule has 1 atom stereocenters. The van der Waals surface area contributed by atoms with Crippen molar-refractivity contribution >= 4 is 11.8 Å². The maximum atomic E-state index is 13.2. The van der Waals surface area contributed by atoms with E-state index in [4.69, 9.17) is 9.47 Å². The Labute approximate surface area is 181 Å². The van der Waals surface area contributed by atoms with Crippen molar-refractivity contribution < 1.29 is 18.7 Å². The Kier molecular flexibility index (Phi) is 5.63. The number of nitrogens with zero attached hydrogens (tertiary/aromatic N) is 2. The predicted octanol–water partition coefficient (Wildman–Crippen LogP) is 5.69. The molecule has 0 aliphatic carbocycles. The maximum absolute atomic E-state index is 13.2. The van der Waals surface area contributed by atoms with Crippen molar-refractivity contribution in [2.24, 2.45) is 0 Å². The lowest BCUT2D eigenvalue weighted by Gasteiger charge is -2.37. The number of carbonyl (C=O) groups excluding carboxylic acids is 1. The quantitative estimate of drug-likeness (QED) is 0.546. The number of hydrogen-bond donors (Lipinski definition) is 0. The van der Waals surface area contributed by atoms with Gasteiger partial charge in [0.15, 0.2) is 0 Å². The van der Waals surface area contributed by atoms with Crippen molar-refractivity contribution in [1.82, 2.24) is 4.98 Å². The van der Waals surface area contributed by atoms with E-state index in [0.29, 0.717) is 18.0 Å². The summed E-state index contributed by atoms with van der Waals surface area (Å²) in [6, 6.07) is 17.6. The molecule has 0 unspecified atom stereocenters. The van der Waals surface area contributed by atoms with E-state index in [1.807, 2.05) is 57.2 Å². The number of halogens is 1. The third-order valence-electron chi connectivity index (χ3n) is 4.93. The van der Waals surface area contributed by atoms with Gasteiger partial charge in [0.1, 0.15) is 23.7 Å². The first-order chi connectivity index (χ1) is 14.8. The van der Waals surface area contributed by atoms with Gasteiger partial charge in [-0.05, 0) is 62.1 Å². The summed E-state index contributed by atoms with van der Waals surface area (Å²) in [5.74, 6) is 0.114. The summed E-state index contributed by atoms with van der Waals surface area (Å²) < 4.78 is 24.9. The van der Waals surface area contributed by atoms with Crippen LogP contribution in [0.5, 0.6) is 5.88 Å². The molecular weight excluding hydrogens is 395 g/mol. The van der Waals surface area contributed by atoms with Crippen LogP contribution in [0.25, 0.3) is 0 Å². The van der Waals surface area contributed by atoms with Crippen LogP contribution in [0.15, 0.2) is 66.9 Å². The first kappa shape index (κ1) is 20.8. The zero-order valence-electron chi connectivity index (χ0n) is 17.8. The fourth-order valence-electron chi connectivity index (χ4n) is 3.56. The van der Waals surface area contributed by atoms with Crippen LogP contribution in [0.2, 0.25) is 0 Å². The lowest BCUT2D eigenvalue weighted by atomic mass is 10.0. The van der Waals surface area contributed by atoms with Crippen molar-refractivity contribution in [2.45, 2.75) is 38.8 Å². The van der Waals surface area contributed by atoms with Gasteiger partial charge in [-0.15, -0.1) is 0 Å². The van der Waals surface area contributed by atoms with E-state index in [0.717, 1.165) is 16.7 Å². The highest BCUT2D eigenvalue weighted by Crippen LogP contribution is 2.39. The van der Waals surface area contributed by atoms with Gasteiger partial charge < -0.3 is 9.47 Å². The third-order valence-corrected chi connectivity index (χ3v) is 4.93. The first-order valence-electron chi connectivity index (χ1n) is 10.2. The number of amides is 1. The minimum atomic E-state index is -0.643. The molecule has 3 aromatic rings. The second-order valence-electron chi connectivity index (χ2n) is 8.56. The molecule has 31 heavy (non-hydrogen) atoms. The van der Waals surface area contributed by atoms with E-state index in [2.05, 4.69) is 4.98 Å². The van der Waals surface area contributed by atoms with Crippen LogP contribution >= 0.6 is 0 Å². The van der Waals surface area contributed by atoms with Crippen molar-refractivity contribution in [2.75, 3.05) is 11.5 Å². The summed E-state index contributed by atoms with van der Waals surface area (Å²) in [5.41, 5.74) is 2.70. The van der Waals surface area contributed by atoms with Gasteiger partial charge >= 0.3 is 6.09 Å². The van der Waals surface area contributed by atoms with Crippen molar-refractivity contribution in [1.29, 1.82) is 0 Å². The van der Waals surface area contributed by atoms with E-state index < -0.39 is 11.7 Å². The third kappa shape index (κ3) is 4.85. The van der Waals surface area contributed by atoms with E-state index >= 15 is 0 Å². The minimum Gasteiger partial charge on any atom is -0.474 e. The van der Waals surface area contributed by atoms with Gasteiger partial charge in [0.2, 0.25) is 5.88 Å². The van der Waals surface area contributed by atoms with E-state index in [-0.39, 0.29) is 18.5 Å². The molecule has 1 aliphatic heterocycles. The van der Waals surface area contributed by atoms with Crippen LogP contribution < -0.4 is 9.64 Å². The molecule has 0 N–H and O–H groups in total. The average molecular weight is 420 g/mol. The second kappa shape index (κ2) is 8.38. The standard InChI is InChI=1S/C25H25FN2O3/c1-25(2,3)31-24(29)28-21-14-18(13-17-9-11-20(26)12-10-17)15-27-23(21)30-16-22(28)19-7-5-4-6-8-19/h4-12,14-15,22H,13,16H2,1-3H3/t22-/m1/s1. The minimum absolute atomic E-state index is 0.275. The molecule has 1 aliphatic rings. The molecule has 0 bridgehead atoms. The number of carbonyl (C=O) groups is 1. The Bertz CT molecular complexity index is 1060. The molecule has 6 heteroatoms. The van der Waals surface area contributed by atoms with E-state index in [9.17, 15) is 9.18 Å². The van der Waals surface area contributed by atoms with Gasteiger partial charge in [0.05, 0.1) is 6.04 Å². The number of benzene rings is 2. The van der Waals surface area contributed by atoms with Gasteiger partial charge in [-0.2, -0.15) is 0 Å². The summed E-state index contributed by atoms with van der Waals surface area (Å²) in [6.07, 6.45) is 1.82. The molecule has 0 saturated heterocycles. The molecule has 0 saturated carbocycles. The Morgan fingerprint density at radius 3 is 2.52 bits per heavy atom. The normalized spacial score (nSPS) is 15.7. The highest BCUT2D eigenvalue weighted by Gasteiger charge is 2.37. The number of aromatic nitrogens is 1. The molecule has 0 radical (unpaired) electrons. The molecule has 2 heterocycles. The Balaban J connectivity index is 1.72. The SMILES string of the molecule is CC(C)(C)OC(=O)N1c2cc(Cc3ccc(F)cc3)cnc2OC[C@@H]1c1ccccc1. The number of anilines is 1. The van der Waals surface area contributed by atoms with Crippen LogP contribution in [0.3, 0.4) is 0 Å². The molecule has 1 aromatic heterocycles. The predicted molar refractivity (Wildman–Crippen MR) is 117 cm³/mol. The molecule has 5 nitrogen and oxygen atoms in total. The molecular formula is C25H25FN2O3. The summed E-state index contributed by atoms with van der Waals surface area (Å²) in [6.45, 7) is 5.80. The lowest BCUT2D eigenvalue weighted by Crippen LogP contribution is -2.44. The second-order valence-corrected chi connectivity index (χ2v) is 8.56. The van der Waals surface area contributed by atoms with Crippen LogP contribution in [-0.2, 0) is 11.2 Å². The highest BCUT2D eigenvalue weighted by atomic mass is 19.1. The average Bonchev–Trinajstić information content (AvgIpc) is 2.74. The van der Waals surface area contributed by atoms with Crippen molar-refractivity contribution in [3.63, 3.8) is 0 Å². The van der Waals surface area contributed by atoms with Crippen molar-refractivity contribution in [3.05, 3.63) is 89.4 Å². The largest absolute Gasteiger partial charge is 0.474 e. The Hall–Kier alpha value is -3.41. The smallest absolute Gasteiger partial charge is 0.415 e. The van der Waals surface area contributed by atoms with Gasteiger partial charge in [0, 0.05) is 6.20 Å². The molecule has 1 amide bonds. The highest BCUT2D eigenvalue weighted by molar-refractivity contribution is 5.91. The van der Waals surface area contributed by atoms with Crippen molar-refractivity contribution in [3.8, 4) is 5.88 Å². The Morgan fingerprint density at radius 2 is 1.84 bits per heavy atom. The molecule has 160 valence electrons. The maximum Gasteiger partial charge on any atom is 0.415 e. The fraction of sp³-hybridized carbons (Fsp3) is 0.280. The fourth-order valence-corrected chi connectivity index (χ4v) is 3.56. The zero-order chi connectivity index (χ0) is 22.0. The molecule has 4 rings (SSSR count). The monoisotopic (exact) mass is 420 g/mol. The van der Waals surface area contributed by atoms with Crippen LogP contribution in [-0.4, -0.2) is 23.3 Å². The van der Waals surface area contributed by atoms with E-state index in [1.54, 1.807) is 23.2 Å². The van der Waals surface area contributed by atoms with Crippen LogP contribution in [0, 0.1) is 5.82 Å². The van der Waals surface area contributed by atoms with E-state index in [1.165, 1.54) is 12.1 Å². The topological polar surface area (TPSA) is 51.7 Å². The van der Waals surface area contributed by atoms with Crippen LogP contribution in [0.1, 0.15) is 43.5 Å². The zero-order valence-corrected chi connectivity index (χ0v) is 17.8. The number of fused-ring (bicyclic) bond motifs is 1. The molecule has 0 spiro atoms. The summed E-state index contributed by atoms with van der Waals surface area (Å²) in [5, 5.41) is 0. The van der Waals surface area contributed by atoms with Gasteiger partial charge in [-0.25, -0.2) is 14.2 Å². The number of hydrogen-bond acceptors (Lipinski definition) is 4.